The molecule has 0 unspecified atom stereocenters. The predicted octanol–water partition coefficient (Wildman–Crippen LogP) is 2.23. The number of carbonyl (C=O) groups excluding carboxylic acids is 2. The van der Waals surface area contributed by atoms with Crippen molar-refractivity contribution in [1.82, 2.24) is 4.90 Å². The summed E-state index contributed by atoms with van der Waals surface area (Å²) in [6, 6.07) is 7.42. The number of amides is 2. The summed E-state index contributed by atoms with van der Waals surface area (Å²) < 4.78 is 0. The van der Waals surface area contributed by atoms with E-state index in [0.717, 1.165) is 11.3 Å². The molecule has 0 spiro atoms. The first-order valence-corrected chi connectivity index (χ1v) is 6.23. The highest BCUT2D eigenvalue weighted by Gasteiger charge is 2.05. The number of rotatable bonds is 5. The fourth-order valence-corrected chi connectivity index (χ4v) is 1.61. The van der Waals surface area contributed by atoms with E-state index in [1.807, 2.05) is 24.3 Å². The molecule has 2 amide bonds. The summed E-state index contributed by atoms with van der Waals surface area (Å²) in [6.45, 7) is 2.04. The predicted molar refractivity (Wildman–Crippen MR) is 72.6 cm³/mol. The molecule has 1 N–H and O–H groups in total. The molecule has 0 bridgehead atoms. The van der Waals surface area contributed by atoms with Crippen molar-refractivity contribution < 1.29 is 9.59 Å². The summed E-state index contributed by atoms with van der Waals surface area (Å²) in [5.41, 5.74) is 1.69. The summed E-state index contributed by atoms with van der Waals surface area (Å²) in [7, 11) is 1.74. The van der Waals surface area contributed by atoms with Crippen LogP contribution in [-0.4, -0.2) is 29.6 Å². The van der Waals surface area contributed by atoms with E-state index in [0.29, 0.717) is 18.8 Å². The van der Waals surface area contributed by atoms with Crippen LogP contribution in [0.3, 0.4) is 0 Å². The smallest absolute Gasteiger partial charge is 0.225 e. The Morgan fingerprint density at radius 3 is 2.72 bits per heavy atom. The standard InChI is InChI=1S/C13H17ClN2O2/c1-10(17)16(2)9-11-4-3-5-12(8-11)15-13(18)6-7-14/h3-5,8H,6-7,9H2,1-2H3,(H,15,18). The van der Waals surface area contributed by atoms with Crippen molar-refractivity contribution in [2.75, 3.05) is 18.2 Å². The highest BCUT2D eigenvalue weighted by Crippen LogP contribution is 2.12. The normalized spacial score (nSPS) is 9.94. The van der Waals surface area contributed by atoms with Gasteiger partial charge in [-0.1, -0.05) is 12.1 Å². The van der Waals surface area contributed by atoms with Crippen molar-refractivity contribution >= 4 is 29.1 Å². The van der Waals surface area contributed by atoms with E-state index in [-0.39, 0.29) is 11.8 Å². The van der Waals surface area contributed by atoms with E-state index >= 15 is 0 Å². The molecule has 4 nitrogen and oxygen atoms in total. The second-order valence-electron chi connectivity index (χ2n) is 4.06. The number of carbonyl (C=O) groups is 2. The SMILES string of the molecule is CC(=O)N(C)Cc1cccc(NC(=O)CCCl)c1. The zero-order valence-electron chi connectivity index (χ0n) is 10.6. The maximum atomic E-state index is 11.4. The second kappa shape index (κ2) is 7.01. The zero-order chi connectivity index (χ0) is 13.5. The van der Waals surface area contributed by atoms with Gasteiger partial charge >= 0.3 is 0 Å². The van der Waals surface area contributed by atoms with E-state index in [1.165, 1.54) is 6.92 Å². The number of alkyl halides is 1. The van der Waals surface area contributed by atoms with Crippen LogP contribution in [0.4, 0.5) is 5.69 Å². The van der Waals surface area contributed by atoms with Gasteiger partial charge in [-0.2, -0.15) is 0 Å². The van der Waals surface area contributed by atoms with Gasteiger partial charge in [-0.3, -0.25) is 9.59 Å². The van der Waals surface area contributed by atoms with Crippen molar-refractivity contribution in [3.63, 3.8) is 0 Å². The van der Waals surface area contributed by atoms with Crippen LogP contribution < -0.4 is 5.32 Å². The van der Waals surface area contributed by atoms with Crippen molar-refractivity contribution in [2.45, 2.75) is 19.9 Å². The quantitative estimate of drug-likeness (QED) is 0.833. The minimum Gasteiger partial charge on any atom is -0.342 e. The average Bonchev–Trinajstić information content (AvgIpc) is 2.29. The van der Waals surface area contributed by atoms with Crippen LogP contribution in [0.5, 0.6) is 0 Å². The summed E-state index contributed by atoms with van der Waals surface area (Å²) in [5, 5.41) is 2.76. The highest BCUT2D eigenvalue weighted by molar-refractivity contribution is 6.19. The Hall–Kier alpha value is -1.55. The molecular weight excluding hydrogens is 252 g/mol. The molecule has 0 saturated carbocycles. The molecule has 1 aromatic carbocycles. The fraction of sp³-hybridized carbons (Fsp3) is 0.385. The Bertz CT molecular complexity index is 435. The third kappa shape index (κ3) is 4.75. The molecule has 0 radical (unpaired) electrons. The van der Waals surface area contributed by atoms with Gasteiger partial charge in [-0.15, -0.1) is 11.6 Å². The Labute approximate surface area is 112 Å². The molecule has 0 fully saturated rings. The Kier molecular flexibility index (Phi) is 5.65. The van der Waals surface area contributed by atoms with Gasteiger partial charge in [0, 0.05) is 38.5 Å². The minimum absolute atomic E-state index is 0.00609. The largest absolute Gasteiger partial charge is 0.342 e. The van der Waals surface area contributed by atoms with Crippen LogP contribution in [0.25, 0.3) is 0 Å². The molecule has 5 heteroatoms. The number of nitrogens with zero attached hydrogens (tertiary/aromatic N) is 1. The summed E-state index contributed by atoms with van der Waals surface area (Å²) in [6.07, 6.45) is 0.291. The van der Waals surface area contributed by atoms with Gasteiger partial charge in [-0.05, 0) is 17.7 Å². The number of hydrogen-bond acceptors (Lipinski definition) is 2. The molecule has 0 atom stereocenters. The lowest BCUT2D eigenvalue weighted by atomic mass is 10.2. The summed E-state index contributed by atoms with van der Waals surface area (Å²) in [4.78, 5) is 24.1. The van der Waals surface area contributed by atoms with Gasteiger partial charge in [0.15, 0.2) is 0 Å². The number of benzene rings is 1. The van der Waals surface area contributed by atoms with E-state index < -0.39 is 0 Å². The summed E-state index contributed by atoms with van der Waals surface area (Å²) >= 11 is 5.49. The molecule has 0 aliphatic rings. The van der Waals surface area contributed by atoms with Crippen molar-refractivity contribution in [3.05, 3.63) is 29.8 Å². The lowest BCUT2D eigenvalue weighted by Gasteiger charge is -2.15. The highest BCUT2D eigenvalue weighted by atomic mass is 35.5. The maximum Gasteiger partial charge on any atom is 0.225 e. The number of hydrogen-bond donors (Lipinski definition) is 1. The van der Waals surface area contributed by atoms with Crippen LogP contribution in [0.15, 0.2) is 24.3 Å². The van der Waals surface area contributed by atoms with Crippen LogP contribution in [0.1, 0.15) is 18.9 Å². The van der Waals surface area contributed by atoms with Crippen molar-refractivity contribution in [3.8, 4) is 0 Å². The number of anilines is 1. The van der Waals surface area contributed by atoms with Gasteiger partial charge < -0.3 is 10.2 Å². The van der Waals surface area contributed by atoms with Crippen LogP contribution in [0, 0.1) is 0 Å². The lowest BCUT2D eigenvalue weighted by molar-refractivity contribution is -0.128. The van der Waals surface area contributed by atoms with Crippen LogP contribution in [0.2, 0.25) is 0 Å². The molecule has 0 aliphatic carbocycles. The Balaban J connectivity index is 2.67. The average molecular weight is 269 g/mol. The second-order valence-corrected chi connectivity index (χ2v) is 4.44. The van der Waals surface area contributed by atoms with E-state index in [4.69, 9.17) is 11.6 Å². The van der Waals surface area contributed by atoms with Crippen molar-refractivity contribution in [2.24, 2.45) is 0 Å². The zero-order valence-corrected chi connectivity index (χ0v) is 11.3. The number of halogens is 1. The monoisotopic (exact) mass is 268 g/mol. The van der Waals surface area contributed by atoms with Gasteiger partial charge in [-0.25, -0.2) is 0 Å². The molecule has 18 heavy (non-hydrogen) atoms. The molecule has 0 heterocycles. The van der Waals surface area contributed by atoms with Crippen LogP contribution >= 0.6 is 11.6 Å². The maximum absolute atomic E-state index is 11.4. The molecule has 0 aliphatic heterocycles. The first-order chi connectivity index (χ1) is 8.52. The molecule has 0 saturated heterocycles. The van der Waals surface area contributed by atoms with Gasteiger partial charge in [0.2, 0.25) is 11.8 Å². The van der Waals surface area contributed by atoms with E-state index in [9.17, 15) is 9.59 Å². The lowest BCUT2D eigenvalue weighted by Crippen LogP contribution is -2.23. The van der Waals surface area contributed by atoms with Gasteiger partial charge in [0.25, 0.3) is 0 Å². The third-order valence-electron chi connectivity index (χ3n) is 2.49. The minimum atomic E-state index is -0.109. The fourth-order valence-electron chi connectivity index (χ4n) is 1.44. The first kappa shape index (κ1) is 14.5. The summed E-state index contributed by atoms with van der Waals surface area (Å²) in [5.74, 6) is 0.201. The van der Waals surface area contributed by atoms with E-state index in [2.05, 4.69) is 5.32 Å². The third-order valence-corrected chi connectivity index (χ3v) is 2.68. The van der Waals surface area contributed by atoms with Crippen molar-refractivity contribution in [1.29, 1.82) is 0 Å². The molecular formula is C13H17ClN2O2. The topological polar surface area (TPSA) is 49.4 Å². The molecule has 1 aromatic rings. The Morgan fingerprint density at radius 1 is 1.39 bits per heavy atom. The molecule has 1 rings (SSSR count). The first-order valence-electron chi connectivity index (χ1n) is 5.69. The number of nitrogens with one attached hydrogen (secondary N) is 1. The van der Waals surface area contributed by atoms with Gasteiger partial charge in [0.05, 0.1) is 0 Å². The molecule has 98 valence electrons. The van der Waals surface area contributed by atoms with Gasteiger partial charge in [0.1, 0.15) is 0 Å². The van der Waals surface area contributed by atoms with E-state index in [1.54, 1.807) is 11.9 Å². The van der Waals surface area contributed by atoms with Crippen LogP contribution in [-0.2, 0) is 16.1 Å². The Morgan fingerprint density at radius 2 is 2.11 bits per heavy atom. The molecule has 0 aromatic heterocycles.